The summed E-state index contributed by atoms with van der Waals surface area (Å²) in [6.07, 6.45) is 4.38. The van der Waals surface area contributed by atoms with Gasteiger partial charge in [0.25, 0.3) is 0 Å². The molecule has 0 aromatic carbocycles. The smallest absolute Gasteiger partial charge is 0.320 e. The molecule has 0 aliphatic carbocycles. The molecule has 1 atom stereocenters. The lowest BCUT2D eigenvalue weighted by Gasteiger charge is -2.31. The highest BCUT2D eigenvalue weighted by Crippen LogP contribution is 2.16. The second-order valence-electron chi connectivity index (χ2n) is 4.41. The zero-order valence-corrected chi connectivity index (χ0v) is 10.0. The molecule has 0 fully saturated rings. The molecule has 94 valence electrons. The van der Waals surface area contributed by atoms with Crippen LogP contribution in [0.25, 0.3) is 0 Å². The fraction of sp³-hybridized carbons (Fsp3) is 0.727. The van der Waals surface area contributed by atoms with Gasteiger partial charge in [-0.3, -0.25) is 9.69 Å². The Morgan fingerprint density at radius 3 is 3.12 bits per heavy atom. The Morgan fingerprint density at radius 2 is 2.41 bits per heavy atom. The number of fused-ring (bicyclic) bond motifs is 1. The number of carboxylic acid groups (broad SMARTS) is 1. The lowest BCUT2D eigenvalue weighted by Crippen LogP contribution is -2.45. The third-order valence-corrected chi connectivity index (χ3v) is 3.23. The molecule has 17 heavy (non-hydrogen) atoms. The molecule has 1 unspecified atom stereocenters. The van der Waals surface area contributed by atoms with Crippen molar-refractivity contribution in [1.82, 2.24) is 19.7 Å². The molecule has 1 N–H and O–H groups in total. The van der Waals surface area contributed by atoms with Gasteiger partial charge in [0.1, 0.15) is 18.2 Å². The van der Waals surface area contributed by atoms with Gasteiger partial charge in [0, 0.05) is 13.1 Å². The van der Waals surface area contributed by atoms with E-state index in [0.29, 0.717) is 13.0 Å². The third kappa shape index (κ3) is 2.63. The Kier molecular flexibility index (Phi) is 3.73. The quantitative estimate of drug-likeness (QED) is 0.819. The van der Waals surface area contributed by atoms with Crippen LogP contribution in [0.4, 0.5) is 0 Å². The summed E-state index contributed by atoms with van der Waals surface area (Å²) in [5.41, 5.74) is 0. The summed E-state index contributed by atoms with van der Waals surface area (Å²) in [5, 5.41) is 17.1. The average Bonchev–Trinajstić information content (AvgIpc) is 2.76. The van der Waals surface area contributed by atoms with Crippen molar-refractivity contribution in [2.24, 2.45) is 0 Å². The molecular weight excluding hydrogens is 220 g/mol. The summed E-state index contributed by atoms with van der Waals surface area (Å²) in [6, 6.07) is -0.389. The number of aliphatic carboxylic acids is 1. The molecule has 1 aliphatic heterocycles. The number of hydrogen-bond donors (Lipinski definition) is 1. The van der Waals surface area contributed by atoms with Crippen molar-refractivity contribution in [3.63, 3.8) is 0 Å². The molecule has 2 heterocycles. The predicted molar refractivity (Wildman–Crippen MR) is 61.4 cm³/mol. The minimum atomic E-state index is -0.730. The zero-order chi connectivity index (χ0) is 12.3. The molecule has 6 nitrogen and oxygen atoms in total. The Balaban J connectivity index is 2.03. The summed E-state index contributed by atoms with van der Waals surface area (Å²) in [5.74, 6) is 0.130. The number of aromatic nitrogens is 3. The van der Waals surface area contributed by atoms with Gasteiger partial charge in [-0.2, -0.15) is 0 Å². The van der Waals surface area contributed by atoms with Crippen molar-refractivity contribution in [2.45, 2.75) is 45.3 Å². The van der Waals surface area contributed by atoms with Crippen molar-refractivity contribution >= 4 is 5.97 Å². The van der Waals surface area contributed by atoms with Crippen LogP contribution >= 0.6 is 0 Å². The highest BCUT2D eigenvalue weighted by atomic mass is 16.4. The van der Waals surface area contributed by atoms with E-state index in [2.05, 4.69) is 17.1 Å². The van der Waals surface area contributed by atoms with Crippen LogP contribution in [0.1, 0.15) is 32.0 Å². The lowest BCUT2D eigenvalue weighted by molar-refractivity contribution is -0.144. The van der Waals surface area contributed by atoms with Gasteiger partial charge in [-0.25, -0.2) is 0 Å². The Labute approximate surface area is 100 Å². The number of carbonyl (C=O) groups is 1. The van der Waals surface area contributed by atoms with Crippen molar-refractivity contribution in [3.8, 4) is 0 Å². The van der Waals surface area contributed by atoms with Crippen molar-refractivity contribution < 1.29 is 9.90 Å². The van der Waals surface area contributed by atoms with Crippen LogP contribution in [0, 0.1) is 0 Å². The molecule has 2 rings (SSSR count). The first-order valence-electron chi connectivity index (χ1n) is 6.06. The van der Waals surface area contributed by atoms with Crippen molar-refractivity contribution in [2.75, 3.05) is 6.54 Å². The van der Waals surface area contributed by atoms with E-state index < -0.39 is 5.97 Å². The summed E-state index contributed by atoms with van der Waals surface area (Å²) < 4.78 is 1.98. The Morgan fingerprint density at radius 1 is 1.59 bits per heavy atom. The van der Waals surface area contributed by atoms with Gasteiger partial charge in [0.05, 0.1) is 6.54 Å². The standard InChI is InChI=1S/C11H18N4O2/c1-2-3-4-9(11(16)17)14-5-6-15-8-12-13-10(15)7-14/h8-9H,2-7H2,1H3,(H,16,17). The van der Waals surface area contributed by atoms with Gasteiger partial charge >= 0.3 is 5.97 Å². The third-order valence-electron chi connectivity index (χ3n) is 3.23. The summed E-state index contributed by atoms with van der Waals surface area (Å²) >= 11 is 0. The molecule has 1 aliphatic rings. The molecule has 0 amide bonds. The zero-order valence-electron chi connectivity index (χ0n) is 10.0. The van der Waals surface area contributed by atoms with Gasteiger partial charge in [0.2, 0.25) is 0 Å². The van der Waals surface area contributed by atoms with Crippen LogP contribution in [0.2, 0.25) is 0 Å². The molecule has 0 saturated carbocycles. The SMILES string of the molecule is CCCCC(C(=O)O)N1CCn2cnnc2C1. The minimum absolute atomic E-state index is 0.389. The fourth-order valence-electron chi connectivity index (χ4n) is 2.21. The fourth-order valence-corrected chi connectivity index (χ4v) is 2.21. The van der Waals surface area contributed by atoms with Gasteiger partial charge in [-0.15, -0.1) is 10.2 Å². The Hall–Kier alpha value is -1.43. The molecule has 6 heteroatoms. The van der Waals surface area contributed by atoms with Crippen LogP contribution < -0.4 is 0 Å². The maximum Gasteiger partial charge on any atom is 0.320 e. The predicted octanol–water partition coefficient (Wildman–Crippen LogP) is 0.737. The number of carboxylic acids is 1. The number of hydrogen-bond acceptors (Lipinski definition) is 4. The number of unbranched alkanes of at least 4 members (excludes halogenated alkanes) is 1. The van der Waals surface area contributed by atoms with E-state index in [1.807, 2.05) is 9.47 Å². The second kappa shape index (κ2) is 5.27. The average molecular weight is 238 g/mol. The van der Waals surface area contributed by atoms with Crippen molar-refractivity contribution in [1.29, 1.82) is 0 Å². The normalized spacial score (nSPS) is 17.7. The first-order valence-corrected chi connectivity index (χ1v) is 6.06. The van der Waals surface area contributed by atoms with Gasteiger partial charge in [-0.05, 0) is 6.42 Å². The monoisotopic (exact) mass is 238 g/mol. The lowest BCUT2D eigenvalue weighted by atomic mass is 10.1. The van der Waals surface area contributed by atoms with Gasteiger partial charge in [0.15, 0.2) is 0 Å². The first-order chi connectivity index (χ1) is 8.22. The number of rotatable bonds is 5. The van der Waals surface area contributed by atoms with Crippen LogP contribution in [0.3, 0.4) is 0 Å². The van der Waals surface area contributed by atoms with Crippen LogP contribution in [0.15, 0.2) is 6.33 Å². The van der Waals surface area contributed by atoms with E-state index in [1.165, 1.54) is 0 Å². The van der Waals surface area contributed by atoms with Crippen molar-refractivity contribution in [3.05, 3.63) is 12.2 Å². The molecule has 1 aromatic rings. The molecule has 0 saturated heterocycles. The molecule has 0 spiro atoms. The summed E-state index contributed by atoms with van der Waals surface area (Å²) in [6.45, 7) is 4.19. The van der Waals surface area contributed by atoms with E-state index in [4.69, 9.17) is 0 Å². The second-order valence-corrected chi connectivity index (χ2v) is 4.41. The summed E-state index contributed by atoms with van der Waals surface area (Å²) in [4.78, 5) is 13.3. The maximum atomic E-state index is 11.3. The van der Waals surface area contributed by atoms with E-state index in [0.717, 1.165) is 31.8 Å². The van der Waals surface area contributed by atoms with Gasteiger partial charge < -0.3 is 9.67 Å². The van der Waals surface area contributed by atoms with Crippen LogP contribution in [0.5, 0.6) is 0 Å². The molecule has 0 bridgehead atoms. The van der Waals surface area contributed by atoms with E-state index in [-0.39, 0.29) is 6.04 Å². The molecule has 0 radical (unpaired) electrons. The maximum absolute atomic E-state index is 11.3. The van der Waals surface area contributed by atoms with E-state index in [9.17, 15) is 9.90 Å². The van der Waals surface area contributed by atoms with Crippen LogP contribution in [-0.2, 0) is 17.9 Å². The topological polar surface area (TPSA) is 71.2 Å². The minimum Gasteiger partial charge on any atom is -0.480 e. The van der Waals surface area contributed by atoms with E-state index in [1.54, 1.807) is 6.33 Å². The largest absolute Gasteiger partial charge is 0.480 e. The number of nitrogens with zero attached hydrogens (tertiary/aromatic N) is 4. The van der Waals surface area contributed by atoms with Crippen LogP contribution in [-0.4, -0.2) is 43.3 Å². The van der Waals surface area contributed by atoms with Gasteiger partial charge in [-0.1, -0.05) is 19.8 Å². The first kappa shape index (κ1) is 12.0. The highest BCUT2D eigenvalue weighted by molar-refractivity contribution is 5.73. The molecule has 1 aromatic heterocycles. The summed E-state index contributed by atoms with van der Waals surface area (Å²) in [7, 11) is 0. The van der Waals surface area contributed by atoms with E-state index >= 15 is 0 Å². The molecular formula is C11H18N4O2. The highest BCUT2D eigenvalue weighted by Gasteiger charge is 2.28. The Bertz CT molecular complexity index is 391.